The Hall–Kier alpha value is -1.35. The molecule has 1 amide bonds. The second-order valence-corrected chi connectivity index (χ2v) is 9.53. The summed E-state index contributed by atoms with van der Waals surface area (Å²) in [5, 5.41) is -0.241. The van der Waals surface area contributed by atoms with E-state index in [0.29, 0.717) is 10.0 Å². The van der Waals surface area contributed by atoms with E-state index < -0.39 is 15.3 Å². The Bertz CT molecular complexity index is 878. The van der Waals surface area contributed by atoms with Crippen molar-refractivity contribution in [1.82, 2.24) is 0 Å². The van der Waals surface area contributed by atoms with Crippen LogP contribution in [0.15, 0.2) is 51.1 Å². The van der Waals surface area contributed by atoms with E-state index in [-0.39, 0.29) is 15.3 Å². The first kappa shape index (κ1) is 16.5. The van der Waals surface area contributed by atoms with Gasteiger partial charge in [0.15, 0.2) is 5.17 Å². The zero-order valence-corrected chi connectivity index (χ0v) is 15.0. The van der Waals surface area contributed by atoms with Gasteiger partial charge in [0.2, 0.25) is 5.91 Å². The van der Waals surface area contributed by atoms with E-state index in [1.807, 2.05) is 6.07 Å². The molecular weight excluding hydrogens is 376 g/mol. The Morgan fingerprint density at radius 3 is 2.48 bits per heavy atom. The number of halogens is 1. The van der Waals surface area contributed by atoms with E-state index in [4.69, 9.17) is 11.6 Å². The fraction of sp³-hybridized carbons (Fsp3) is 0.143. The van der Waals surface area contributed by atoms with Crippen LogP contribution in [0.3, 0.4) is 0 Å². The molecule has 2 heterocycles. The van der Waals surface area contributed by atoms with E-state index in [2.05, 4.69) is 4.40 Å². The standard InChI is InChI=1S/C14H11ClN2O3S3/c1-9-13(18)17(10-5-3-2-4-6-10)14(21-9)16-23(19,20)12-8-7-11(15)22-12/h2-9H,1H3/b16-14-. The minimum absolute atomic E-state index is 0.0515. The third-order valence-electron chi connectivity index (χ3n) is 3.06. The molecule has 0 radical (unpaired) electrons. The van der Waals surface area contributed by atoms with E-state index in [0.717, 1.165) is 23.1 Å². The number of para-hydroxylation sites is 1. The smallest absolute Gasteiger partial charge is 0.273 e. The van der Waals surface area contributed by atoms with Gasteiger partial charge in [-0.1, -0.05) is 41.6 Å². The summed E-state index contributed by atoms with van der Waals surface area (Å²) >= 11 is 7.85. The number of thiophene rings is 1. The molecule has 9 heteroatoms. The second-order valence-electron chi connectivity index (χ2n) is 4.68. The first-order chi connectivity index (χ1) is 10.9. The van der Waals surface area contributed by atoms with Crippen LogP contribution in [0.25, 0.3) is 0 Å². The van der Waals surface area contributed by atoms with Crippen LogP contribution < -0.4 is 4.90 Å². The van der Waals surface area contributed by atoms with Crippen LogP contribution in [-0.4, -0.2) is 24.7 Å². The molecule has 5 nitrogen and oxygen atoms in total. The molecule has 1 aliphatic rings. The summed E-state index contributed by atoms with van der Waals surface area (Å²) in [5.41, 5.74) is 0.590. The molecule has 1 aromatic heterocycles. The van der Waals surface area contributed by atoms with Crippen molar-refractivity contribution in [2.45, 2.75) is 16.4 Å². The number of benzene rings is 1. The van der Waals surface area contributed by atoms with Gasteiger partial charge in [-0.05, 0) is 31.2 Å². The number of carbonyl (C=O) groups is 1. The fourth-order valence-corrected chi connectivity index (χ4v) is 5.62. The van der Waals surface area contributed by atoms with Gasteiger partial charge in [-0.15, -0.1) is 15.7 Å². The van der Waals surface area contributed by atoms with Gasteiger partial charge in [0.05, 0.1) is 15.3 Å². The number of anilines is 1. The largest absolute Gasteiger partial charge is 0.294 e. The van der Waals surface area contributed by atoms with Crippen molar-refractivity contribution in [3.8, 4) is 0 Å². The number of nitrogens with zero attached hydrogens (tertiary/aromatic N) is 2. The number of thioether (sulfide) groups is 1. The van der Waals surface area contributed by atoms with Crippen molar-refractivity contribution in [3.05, 3.63) is 46.8 Å². The number of amides is 1. The van der Waals surface area contributed by atoms with Gasteiger partial charge >= 0.3 is 0 Å². The van der Waals surface area contributed by atoms with Crippen molar-refractivity contribution in [2.24, 2.45) is 4.40 Å². The lowest BCUT2D eigenvalue weighted by molar-refractivity contribution is -0.116. The van der Waals surface area contributed by atoms with Crippen molar-refractivity contribution < 1.29 is 13.2 Å². The maximum Gasteiger partial charge on any atom is 0.294 e. The second kappa shape index (κ2) is 6.27. The summed E-state index contributed by atoms with van der Waals surface area (Å²) in [5.74, 6) is -0.195. The normalized spacial score (nSPS) is 20.4. The van der Waals surface area contributed by atoms with Crippen molar-refractivity contribution in [1.29, 1.82) is 0 Å². The van der Waals surface area contributed by atoms with Crippen molar-refractivity contribution >= 4 is 61.5 Å². The lowest BCUT2D eigenvalue weighted by Crippen LogP contribution is -2.31. The predicted octanol–water partition coefficient (Wildman–Crippen LogP) is 3.61. The third-order valence-corrected chi connectivity index (χ3v) is 7.18. The molecule has 0 bridgehead atoms. The highest BCUT2D eigenvalue weighted by Gasteiger charge is 2.37. The minimum Gasteiger partial charge on any atom is -0.273 e. The van der Waals surface area contributed by atoms with E-state index in [9.17, 15) is 13.2 Å². The van der Waals surface area contributed by atoms with Gasteiger partial charge in [0, 0.05) is 0 Å². The van der Waals surface area contributed by atoms with Crippen molar-refractivity contribution in [3.63, 3.8) is 0 Å². The number of hydrogen-bond acceptors (Lipinski definition) is 5. The predicted molar refractivity (Wildman–Crippen MR) is 94.9 cm³/mol. The van der Waals surface area contributed by atoms with Gasteiger partial charge in [-0.3, -0.25) is 9.69 Å². The highest BCUT2D eigenvalue weighted by Crippen LogP contribution is 2.34. The number of carbonyl (C=O) groups excluding carboxylic acids is 1. The maximum absolute atomic E-state index is 12.4. The van der Waals surface area contributed by atoms with Crippen LogP contribution in [0, 0.1) is 0 Å². The zero-order valence-electron chi connectivity index (χ0n) is 11.8. The highest BCUT2D eigenvalue weighted by molar-refractivity contribution is 8.16. The summed E-state index contributed by atoms with van der Waals surface area (Å²) < 4.78 is 29.1. The Balaban J connectivity index is 2.05. The summed E-state index contributed by atoms with van der Waals surface area (Å²) in [6.07, 6.45) is 0. The molecule has 0 N–H and O–H groups in total. The quantitative estimate of drug-likeness (QED) is 0.808. The third kappa shape index (κ3) is 3.30. The van der Waals surface area contributed by atoms with Crippen LogP contribution in [0.4, 0.5) is 5.69 Å². The number of rotatable bonds is 3. The molecule has 3 rings (SSSR count). The Labute approximate surface area is 147 Å². The van der Waals surface area contributed by atoms with Gasteiger partial charge < -0.3 is 0 Å². The van der Waals surface area contributed by atoms with E-state index in [1.54, 1.807) is 31.2 Å². The molecule has 0 saturated carbocycles. The Kier molecular flexibility index (Phi) is 4.50. The van der Waals surface area contributed by atoms with Gasteiger partial charge in [0.1, 0.15) is 4.21 Å². The molecule has 1 saturated heterocycles. The zero-order chi connectivity index (χ0) is 16.6. The van der Waals surface area contributed by atoms with Crippen LogP contribution >= 0.6 is 34.7 Å². The molecule has 23 heavy (non-hydrogen) atoms. The molecule has 2 aromatic rings. The minimum atomic E-state index is -3.90. The highest BCUT2D eigenvalue weighted by atomic mass is 35.5. The molecule has 0 spiro atoms. The summed E-state index contributed by atoms with van der Waals surface area (Å²) in [7, 11) is -3.90. The first-order valence-electron chi connectivity index (χ1n) is 6.54. The summed E-state index contributed by atoms with van der Waals surface area (Å²) in [6.45, 7) is 1.72. The van der Waals surface area contributed by atoms with Gasteiger partial charge in [-0.25, -0.2) is 0 Å². The molecule has 1 unspecified atom stereocenters. The monoisotopic (exact) mass is 386 g/mol. The molecular formula is C14H11ClN2O3S3. The van der Waals surface area contributed by atoms with E-state index >= 15 is 0 Å². The first-order valence-corrected chi connectivity index (χ1v) is 10.1. The topological polar surface area (TPSA) is 66.8 Å². The molecule has 1 fully saturated rings. The van der Waals surface area contributed by atoms with Crippen molar-refractivity contribution in [2.75, 3.05) is 4.90 Å². The van der Waals surface area contributed by atoms with Gasteiger partial charge in [-0.2, -0.15) is 8.42 Å². The number of amidine groups is 1. The summed E-state index contributed by atoms with van der Waals surface area (Å²) in [4.78, 5) is 13.7. The number of sulfonamides is 1. The molecule has 1 aliphatic heterocycles. The van der Waals surface area contributed by atoms with Crippen LogP contribution in [-0.2, 0) is 14.8 Å². The fourth-order valence-electron chi connectivity index (χ4n) is 2.00. The molecule has 0 aliphatic carbocycles. The Morgan fingerprint density at radius 2 is 1.87 bits per heavy atom. The summed E-state index contributed by atoms with van der Waals surface area (Å²) in [6, 6.07) is 11.8. The average molecular weight is 387 g/mol. The molecule has 1 atom stereocenters. The van der Waals surface area contributed by atoms with Crippen LogP contribution in [0.5, 0.6) is 0 Å². The lowest BCUT2D eigenvalue weighted by atomic mass is 10.3. The lowest BCUT2D eigenvalue weighted by Gasteiger charge is -2.15. The van der Waals surface area contributed by atoms with Crippen LogP contribution in [0.1, 0.15) is 6.92 Å². The molecule has 120 valence electrons. The Morgan fingerprint density at radius 1 is 1.17 bits per heavy atom. The SMILES string of the molecule is CC1S/C(=N\S(=O)(=O)c2ccc(Cl)s2)N(c2ccccc2)C1=O. The maximum atomic E-state index is 12.4. The van der Waals surface area contributed by atoms with Crippen LogP contribution in [0.2, 0.25) is 4.34 Å². The number of hydrogen-bond donors (Lipinski definition) is 0. The molecule has 1 aromatic carbocycles. The van der Waals surface area contributed by atoms with E-state index in [1.165, 1.54) is 17.0 Å². The van der Waals surface area contributed by atoms with Gasteiger partial charge in [0.25, 0.3) is 10.0 Å². The average Bonchev–Trinajstić information content (AvgIpc) is 3.05.